The van der Waals surface area contributed by atoms with Crippen LogP contribution < -0.4 is 5.73 Å². The summed E-state index contributed by atoms with van der Waals surface area (Å²) in [7, 11) is 1.82. The van der Waals surface area contributed by atoms with Crippen molar-refractivity contribution >= 4 is 11.6 Å². The molecule has 0 aromatic carbocycles. The van der Waals surface area contributed by atoms with Crippen molar-refractivity contribution in [2.24, 2.45) is 12.8 Å². The number of nitrogens with two attached hydrogens (primary N) is 1. The summed E-state index contributed by atoms with van der Waals surface area (Å²) in [5.74, 6) is 0. The second-order valence-corrected chi connectivity index (χ2v) is 4.69. The van der Waals surface area contributed by atoms with E-state index in [9.17, 15) is 0 Å². The fraction of sp³-hybridized carbons (Fsp3) is 0.727. The van der Waals surface area contributed by atoms with Crippen molar-refractivity contribution in [3.05, 3.63) is 16.4 Å². The minimum atomic E-state index is -0.115. The van der Waals surface area contributed by atoms with Gasteiger partial charge in [-0.15, -0.1) is 0 Å². The zero-order valence-electron chi connectivity index (χ0n) is 10.1. The summed E-state index contributed by atoms with van der Waals surface area (Å²) >= 11 is 6.17. The summed E-state index contributed by atoms with van der Waals surface area (Å²) in [5.41, 5.74) is 8.04. The monoisotopic (exact) mass is 259 g/mol. The fourth-order valence-corrected chi connectivity index (χ4v) is 2.28. The Balaban J connectivity index is 2.04. The maximum Gasteiger partial charge on any atom is 0.130 e. The van der Waals surface area contributed by atoms with E-state index in [0.29, 0.717) is 31.4 Å². The van der Waals surface area contributed by atoms with Gasteiger partial charge in [0.1, 0.15) is 5.15 Å². The molecule has 1 aromatic rings. The Morgan fingerprint density at radius 1 is 1.59 bits per heavy atom. The topological polar surface area (TPSA) is 62.3 Å². The van der Waals surface area contributed by atoms with Crippen LogP contribution in [0.2, 0.25) is 5.15 Å². The number of hydrogen-bond acceptors (Lipinski definition) is 4. The Morgan fingerprint density at radius 2 is 2.35 bits per heavy atom. The lowest BCUT2D eigenvalue weighted by Crippen LogP contribution is -2.44. The molecule has 0 amide bonds. The molecule has 6 heteroatoms. The summed E-state index contributed by atoms with van der Waals surface area (Å²) in [5, 5.41) is 4.91. The zero-order chi connectivity index (χ0) is 12.4. The molecule has 1 saturated heterocycles. The van der Waals surface area contributed by atoms with E-state index in [4.69, 9.17) is 26.8 Å². The number of hydrogen-bond donors (Lipinski definition) is 1. The Morgan fingerprint density at radius 3 is 2.88 bits per heavy atom. The van der Waals surface area contributed by atoms with Crippen molar-refractivity contribution in [2.45, 2.75) is 25.5 Å². The molecule has 0 bridgehead atoms. The van der Waals surface area contributed by atoms with Crippen LogP contribution in [-0.2, 0) is 22.9 Å². The molecule has 0 spiro atoms. The minimum absolute atomic E-state index is 0.0561. The highest BCUT2D eigenvalue weighted by molar-refractivity contribution is 6.30. The summed E-state index contributed by atoms with van der Waals surface area (Å²) in [6.07, 6.45) is 0.603. The van der Waals surface area contributed by atoms with Gasteiger partial charge in [-0.1, -0.05) is 11.6 Å². The summed E-state index contributed by atoms with van der Waals surface area (Å²) in [6.45, 7) is 3.75. The van der Waals surface area contributed by atoms with E-state index in [2.05, 4.69) is 5.10 Å². The second kappa shape index (κ2) is 5.35. The summed E-state index contributed by atoms with van der Waals surface area (Å²) in [4.78, 5) is 0. The molecule has 1 aliphatic rings. The van der Waals surface area contributed by atoms with Gasteiger partial charge >= 0.3 is 0 Å². The number of aromatic nitrogens is 2. The number of halogens is 1. The molecular weight excluding hydrogens is 242 g/mol. The molecule has 17 heavy (non-hydrogen) atoms. The predicted molar refractivity (Wildman–Crippen MR) is 65.2 cm³/mol. The molecule has 2 rings (SSSR count). The van der Waals surface area contributed by atoms with Crippen LogP contribution in [0, 0.1) is 6.92 Å². The fourth-order valence-electron chi connectivity index (χ4n) is 2.03. The molecule has 1 aromatic heterocycles. The summed E-state index contributed by atoms with van der Waals surface area (Å²) < 4.78 is 12.6. The van der Waals surface area contributed by atoms with E-state index in [1.165, 1.54) is 0 Å². The Labute approximate surface area is 106 Å². The first-order chi connectivity index (χ1) is 8.09. The van der Waals surface area contributed by atoms with Gasteiger partial charge in [-0.2, -0.15) is 5.10 Å². The van der Waals surface area contributed by atoms with Gasteiger partial charge in [-0.05, 0) is 13.3 Å². The van der Waals surface area contributed by atoms with Gasteiger partial charge < -0.3 is 15.2 Å². The van der Waals surface area contributed by atoms with Crippen molar-refractivity contribution < 1.29 is 9.47 Å². The number of ether oxygens (including phenoxy) is 2. The van der Waals surface area contributed by atoms with Crippen molar-refractivity contribution in [3.8, 4) is 0 Å². The third-order valence-electron chi connectivity index (χ3n) is 3.03. The summed E-state index contributed by atoms with van der Waals surface area (Å²) in [6, 6.07) is -0.115. The largest absolute Gasteiger partial charge is 0.376 e. The first kappa shape index (κ1) is 12.8. The SMILES string of the molecule is Cc1nn(C)c(Cl)c1CC(N)C1COCCO1. The lowest BCUT2D eigenvalue weighted by molar-refractivity contribution is -0.0967. The van der Waals surface area contributed by atoms with E-state index < -0.39 is 0 Å². The molecule has 2 heterocycles. The van der Waals surface area contributed by atoms with E-state index >= 15 is 0 Å². The van der Waals surface area contributed by atoms with E-state index in [0.717, 1.165) is 11.3 Å². The lowest BCUT2D eigenvalue weighted by Gasteiger charge is -2.27. The van der Waals surface area contributed by atoms with E-state index in [1.54, 1.807) is 4.68 Å². The molecule has 1 fully saturated rings. The first-order valence-corrected chi connectivity index (χ1v) is 6.10. The normalized spacial score (nSPS) is 22.7. The average Bonchev–Trinajstić information content (AvgIpc) is 2.57. The first-order valence-electron chi connectivity index (χ1n) is 5.72. The van der Waals surface area contributed by atoms with Crippen molar-refractivity contribution in [1.82, 2.24) is 9.78 Å². The van der Waals surface area contributed by atoms with Crippen LogP contribution in [0.3, 0.4) is 0 Å². The smallest absolute Gasteiger partial charge is 0.130 e. The quantitative estimate of drug-likeness (QED) is 0.867. The molecule has 1 aliphatic heterocycles. The molecular formula is C11H18ClN3O2. The highest BCUT2D eigenvalue weighted by Gasteiger charge is 2.24. The van der Waals surface area contributed by atoms with Crippen LogP contribution in [0.1, 0.15) is 11.3 Å². The van der Waals surface area contributed by atoms with Crippen molar-refractivity contribution in [1.29, 1.82) is 0 Å². The molecule has 2 N–H and O–H groups in total. The van der Waals surface area contributed by atoms with Crippen LogP contribution in [-0.4, -0.2) is 41.7 Å². The van der Waals surface area contributed by atoms with E-state index in [1.807, 2.05) is 14.0 Å². The van der Waals surface area contributed by atoms with Crippen LogP contribution in [0.25, 0.3) is 0 Å². The molecule has 5 nitrogen and oxygen atoms in total. The Hall–Kier alpha value is -0.620. The Kier molecular flexibility index (Phi) is 4.04. The maximum absolute atomic E-state index is 6.17. The number of nitrogens with zero attached hydrogens (tertiary/aromatic N) is 2. The van der Waals surface area contributed by atoms with Gasteiger partial charge in [0.2, 0.25) is 0 Å². The van der Waals surface area contributed by atoms with Gasteiger partial charge in [-0.25, -0.2) is 0 Å². The predicted octanol–water partition coefficient (Wildman–Crippen LogP) is 0.667. The number of rotatable bonds is 3. The maximum atomic E-state index is 6.17. The average molecular weight is 260 g/mol. The number of aryl methyl sites for hydroxylation is 2. The van der Waals surface area contributed by atoms with Crippen LogP contribution >= 0.6 is 11.6 Å². The van der Waals surface area contributed by atoms with Crippen molar-refractivity contribution in [2.75, 3.05) is 19.8 Å². The molecule has 0 saturated carbocycles. The van der Waals surface area contributed by atoms with Gasteiger partial charge in [0, 0.05) is 18.7 Å². The van der Waals surface area contributed by atoms with Crippen LogP contribution in [0.4, 0.5) is 0 Å². The molecule has 2 unspecified atom stereocenters. The molecule has 0 aliphatic carbocycles. The lowest BCUT2D eigenvalue weighted by atomic mass is 10.0. The molecule has 0 radical (unpaired) electrons. The highest BCUT2D eigenvalue weighted by Crippen LogP contribution is 2.21. The zero-order valence-corrected chi connectivity index (χ0v) is 10.9. The van der Waals surface area contributed by atoms with Gasteiger partial charge in [0.25, 0.3) is 0 Å². The Bertz CT molecular complexity index is 388. The van der Waals surface area contributed by atoms with Gasteiger partial charge in [-0.3, -0.25) is 4.68 Å². The standard InChI is InChI=1S/C11H18ClN3O2/c1-7-8(11(12)15(2)14-7)5-9(13)10-6-16-3-4-17-10/h9-10H,3-6,13H2,1-2H3. The molecule has 2 atom stereocenters. The third-order valence-corrected chi connectivity index (χ3v) is 3.50. The van der Waals surface area contributed by atoms with Gasteiger partial charge in [0.05, 0.1) is 31.6 Å². The second-order valence-electron chi connectivity index (χ2n) is 4.33. The highest BCUT2D eigenvalue weighted by atomic mass is 35.5. The van der Waals surface area contributed by atoms with E-state index in [-0.39, 0.29) is 12.1 Å². The third kappa shape index (κ3) is 2.80. The molecule has 96 valence electrons. The minimum Gasteiger partial charge on any atom is -0.376 e. The van der Waals surface area contributed by atoms with Gasteiger partial charge in [0.15, 0.2) is 0 Å². The van der Waals surface area contributed by atoms with Crippen molar-refractivity contribution in [3.63, 3.8) is 0 Å². The van der Waals surface area contributed by atoms with Crippen LogP contribution in [0.15, 0.2) is 0 Å². The van der Waals surface area contributed by atoms with Crippen LogP contribution in [0.5, 0.6) is 0 Å².